The highest BCUT2D eigenvalue weighted by Crippen LogP contribution is 2.27. The third-order valence-electron chi connectivity index (χ3n) is 2.58. The average Bonchev–Trinajstić information content (AvgIpc) is 2.30. The molecule has 0 bridgehead atoms. The molecule has 4 nitrogen and oxygen atoms in total. The van der Waals surface area contributed by atoms with Crippen LogP contribution >= 0.6 is 23.8 Å². The van der Waals surface area contributed by atoms with Crippen LogP contribution in [0.4, 0.5) is 5.69 Å². The van der Waals surface area contributed by atoms with Crippen LogP contribution in [0.1, 0.15) is 31.4 Å². The van der Waals surface area contributed by atoms with Crippen molar-refractivity contribution in [1.82, 2.24) is 10.9 Å². The van der Waals surface area contributed by atoms with Crippen LogP contribution in [-0.2, 0) is 4.79 Å². The summed E-state index contributed by atoms with van der Waals surface area (Å²) in [7, 11) is 0. The summed E-state index contributed by atoms with van der Waals surface area (Å²) in [5.41, 5.74) is 8.04. The molecule has 0 atom stereocenters. The van der Waals surface area contributed by atoms with Crippen LogP contribution in [0.15, 0.2) is 12.1 Å². The van der Waals surface area contributed by atoms with Crippen LogP contribution in [0.2, 0.25) is 5.02 Å². The van der Waals surface area contributed by atoms with E-state index in [1.165, 1.54) is 0 Å². The monoisotopic (exact) mass is 313 g/mol. The Balaban J connectivity index is 2.57. The highest BCUT2D eigenvalue weighted by Gasteiger charge is 2.08. The molecule has 0 aliphatic rings. The molecule has 0 fully saturated rings. The van der Waals surface area contributed by atoms with Crippen LogP contribution in [0.5, 0.6) is 0 Å². The van der Waals surface area contributed by atoms with Gasteiger partial charge in [-0.05, 0) is 49.2 Å². The van der Waals surface area contributed by atoms with E-state index in [2.05, 4.69) is 16.2 Å². The standard InChI is InChI=1S/C14H20ClN3OS/c1-8(2)5-12(19)17-18-14(20)16-13-10(4)6-9(3)7-11(13)15/h6-8H,5H2,1-4H3,(H,17,19)(H2,16,18,20). The Bertz CT molecular complexity index is 494. The van der Waals surface area contributed by atoms with Crippen molar-refractivity contribution >= 4 is 40.5 Å². The summed E-state index contributed by atoms with van der Waals surface area (Å²) in [6, 6.07) is 3.87. The molecular weight excluding hydrogens is 294 g/mol. The van der Waals surface area contributed by atoms with Gasteiger partial charge in [0.05, 0.1) is 10.7 Å². The zero-order chi connectivity index (χ0) is 15.3. The molecule has 0 aromatic heterocycles. The van der Waals surface area contributed by atoms with Crippen LogP contribution in [0, 0.1) is 19.8 Å². The molecule has 1 amide bonds. The highest BCUT2D eigenvalue weighted by atomic mass is 35.5. The number of carbonyl (C=O) groups is 1. The Kier molecular flexibility index (Phi) is 6.23. The Morgan fingerprint density at radius 1 is 1.30 bits per heavy atom. The van der Waals surface area contributed by atoms with Gasteiger partial charge in [0, 0.05) is 6.42 Å². The minimum Gasteiger partial charge on any atom is -0.330 e. The van der Waals surface area contributed by atoms with Gasteiger partial charge >= 0.3 is 0 Å². The zero-order valence-corrected chi connectivity index (χ0v) is 13.7. The first-order chi connectivity index (χ1) is 9.29. The molecular formula is C14H20ClN3OS. The Labute approximate surface area is 130 Å². The molecule has 0 heterocycles. The number of hydrogen-bond acceptors (Lipinski definition) is 2. The summed E-state index contributed by atoms with van der Waals surface area (Å²) in [5, 5.41) is 3.89. The Hall–Kier alpha value is -1.33. The maximum absolute atomic E-state index is 11.5. The third kappa shape index (κ3) is 5.35. The second-order valence-electron chi connectivity index (χ2n) is 5.16. The molecule has 6 heteroatoms. The van der Waals surface area contributed by atoms with Crippen molar-refractivity contribution < 1.29 is 4.79 Å². The lowest BCUT2D eigenvalue weighted by Crippen LogP contribution is -2.44. The number of halogens is 1. The van der Waals surface area contributed by atoms with E-state index in [9.17, 15) is 4.79 Å². The molecule has 0 saturated heterocycles. The number of aryl methyl sites for hydroxylation is 2. The smallest absolute Gasteiger partial charge is 0.238 e. The molecule has 0 unspecified atom stereocenters. The molecule has 0 aliphatic heterocycles. The van der Waals surface area contributed by atoms with E-state index in [1.54, 1.807) is 0 Å². The number of thiocarbonyl (C=S) groups is 1. The van der Waals surface area contributed by atoms with Crippen LogP contribution in [0.3, 0.4) is 0 Å². The predicted molar refractivity (Wildman–Crippen MR) is 87.9 cm³/mol. The van der Waals surface area contributed by atoms with Crippen LogP contribution in [0.25, 0.3) is 0 Å². The van der Waals surface area contributed by atoms with Crippen molar-refractivity contribution in [2.24, 2.45) is 5.92 Å². The lowest BCUT2D eigenvalue weighted by atomic mass is 10.1. The van der Waals surface area contributed by atoms with E-state index in [1.807, 2.05) is 39.8 Å². The summed E-state index contributed by atoms with van der Waals surface area (Å²) >= 11 is 11.3. The quantitative estimate of drug-likeness (QED) is 0.592. The zero-order valence-electron chi connectivity index (χ0n) is 12.1. The minimum atomic E-state index is -0.101. The fourth-order valence-electron chi connectivity index (χ4n) is 1.77. The highest BCUT2D eigenvalue weighted by molar-refractivity contribution is 7.80. The summed E-state index contributed by atoms with van der Waals surface area (Å²) in [6.45, 7) is 7.88. The van der Waals surface area contributed by atoms with Gasteiger partial charge in [0.2, 0.25) is 5.91 Å². The number of hydrazine groups is 1. The maximum Gasteiger partial charge on any atom is 0.238 e. The number of hydrogen-bond donors (Lipinski definition) is 3. The van der Waals surface area contributed by atoms with Crippen molar-refractivity contribution in [2.75, 3.05) is 5.32 Å². The molecule has 0 spiro atoms. The second kappa shape index (κ2) is 7.45. The van der Waals surface area contributed by atoms with Gasteiger partial charge in [-0.15, -0.1) is 0 Å². The molecule has 0 radical (unpaired) electrons. The molecule has 3 N–H and O–H groups in total. The lowest BCUT2D eigenvalue weighted by Gasteiger charge is -2.15. The lowest BCUT2D eigenvalue weighted by molar-refractivity contribution is -0.122. The summed E-state index contributed by atoms with van der Waals surface area (Å²) in [5.74, 6) is 0.197. The first-order valence-corrected chi connectivity index (χ1v) is 7.20. The molecule has 0 aliphatic carbocycles. The largest absolute Gasteiger partial charge is 0.330 e. The van der Waals surface area contributed by atoms with Crippen molar-refractivity contribution in [2.45, 2.75) is 34.1 Å². The number of nitrogens with one attached hydrogen (secondary N) is 3. The van der Waals surface area contributed by atoms with E-state index >= 15 is 0 Å². The molecule has 1 rings (SSSR count). The van der Waals surface area contributed by atoms with Gasteiger partial charge in [-0.1, -0.05) is 31.5 Å². The van der Waals surface area contributed by atoms with E-state index in [0.717, 1.165) is 16.8 Å². The normalized spacial score (nSPS) is 10.3. The van der Waals surface area contributed by atoms with Gasteiger partial charge < -0.3 is 5.32 Å². The summed E-state index contributed by atoms with van der Waals surface area (Å²) < 4.78 is 0. The third-order valence-corrected chi connectivity index (χ3v) is 3.08. The van der Waals surface area contributed by atoms with Gasteiger partial charge in [0.15, 0.2) is 5.11 Å². The van der Waals surface area contributed by atoms with E-state index in [0.29, 0.717) is 22.5 Å². The van der Waals surface area contributed by atoms with Gasteiger partial charge in [-0.3, -0.25) is 15.6 Å². The number of carbonyl (C=O) groups excluding carboxylic acids is 1. The van der Waals surface area contributed by atoms with Crippen LogP contribution in [-0.4, -0.2) is 11.0 Å². The first-order valence-electron chi connectivity index (χ1n) is 6.42. The Morgan fingerprint density at radius 3 is 2.50 bits per heavy atom. The van der Waals surface area contributed by atoms with Gasteiger partial charge in [0.1, 0.15) is 0 Å². The molecule has 20 heavy (non-hydrogen) atoms. The number of benzene rings is 1. The first kappa shape index (κ1) is 16.7. The second-order valence-corrected chi connectivity index (χ2v) is 5.98. The van der Waals surface area contributed by atoms with Crippen molar-refractivity contribution in [3.8, 4) is 0 Å². The SMILES string of the molecule is Cc1cc(C)c(NC(=S)NNC(=O)CC(C)C)c(Cl)c1. The number of amides is 1. The van der Waals surface area contributed by atoms with Gasteiger partial charge in [-0.25, -0.2) is 0 Å². The van der Waals surface area contributed by atoms with Crippen molar-refractivity contribution in [3.63, 3.8) is 0 Å². The summed E-state index contributed by atoms with van der Waals surface area (Å²) in [6.07, 6.45) is 0.444. The number of anilines is 1. The van der Waals surface area contributed by atoms with E-state index in [-0.39, 0.29) is 5.91 Å². The van der Waals surface area contributed by atoms with Crippen molar-refractivity contribution in [3.05, 3.63) is 28.3 Å². The van der Waals surface area contributed by atoms with Gasteiger partial charge in [0.25, 0.3) is 0 Å². The molecule has 0 saturated carbocycles. The predicted octanol–water partition coefficient (Wildman–Crippen LogP) is 3.32. The molecule has 1 aromatic carbocycles. The van der Waals surface area contributed by atoms with E-state index < -0.39 is 0 Å². The number of rotatable bonds is 3. The maximum atomic E-state index is 11.5. The topological polar surface area (TPSA) is 53.2 Å². The van der Waals surface area contributed by atoms with Crippen LogP contribution < -0.4 is 16.2 Å². The average molecular weight is 314 g/mol. The fourth-order valence-corrected chi connectivity index (χ4v) is 2.29. The van der Waals surface area contributed by atoms with Crippen molar-refractivity contribution in [1.29, 1.82) is 0 Å². The Morgan fingerprint density at radius 2 is 1.95 bits per heavy atom. The molecule has 1 aromatic rings. The van der Waals surface area contributed by atoms with E-state index in [4.69, 9.17) is 23.8 Å². The van der Waals surface area contributed by atoms with Gasteiger partial charge in [-0.2, -0.15) is 0 Å². The fraction of sp³-hybridized carbons (Fsp3) is 0.429. The molecule has 110 valence electrons. The summed E-state index contributed by atoms with van der Waals surface area (Å²) in [4.78, 5) is 11.5. The minimum absolute atomic E-state index is 0.101.